The molecule has 2 aliphatic heterocycles. The predicted octanol–water partition coefficient (Wildman–Crippen LogP) is 1.57. The van der Waals surface area contributed by atoms with Crippen LogP contribution in [0.4, 0.5) is 10.6 Å². The second-order valence-corrected chi connectivity index (χ2v) is 9.95. The van der Waals surface area contributed by atoms with Crippen molar-refractivity contribution in [2.45, 2.75) is 64.0 Å². The molecule has 0 aromatic carbocycles. The molecule has 2 fully saturated rings. The van der Waals surface area contributed by atoms with E-state index in [1.807, 2.05) is 31.6 Å². The molecule has 1 aliphatic carbocycles. The molecule has 0 bridgehead atoms. The Morgan fingerprint density at radius 1 is 1.34 bits per heavy atom. The van der Waals surface area contributed by atoms with Crippen LogP contribution >= 0.6 is 0 Å². The second kappa shape index (κ2) is 10.3. The van der Waals surface area contributed by atoms with Crippen LogP contribution in [0.25, 0.3) is 5.70 Å². The fraction of sp³-hybridized carbons (Fsp3) is 0.667. The van der Waals surface area contributed by atoms with Crippen molar-refractivity contribution in [3.63, 3.8) is 0 Å². The maximum Gasteiger partial charge on any atom is 0.407 e. The van der Waals surface area contributed by atoms with Crippen LogP contribution in [0.3, 0.4) is 0 Å². The Bertz CT molecular complexity index is 1170. The van der Waals surface area contributed by atoms with Gasteiger partial charge in [-0.15, -0.1) is 5.10 Å². The van der Waals surface area contributed by atoms with Crippen LogP contribution in [0.1, 0.15) is 57.6 Å². The number of anilines is 1. The average Bonchev–Trinajstić information content (AvgIpc) is 3.60. The van der Waals surface area contributed by atoms with Gasteiger partial charge in [0.1, 0.15) is 16.8 Å². The number of hydrogen-bond donors (Lipinski definition) is 3. The summed E-state index contributed by atoms with van der Waals surface area (Å²) in [7, 11) is 1.91. The molecule has 3 N–H and O–H groups in total. The standard InChI is InChI=1S/C24H35N7O4/c1-14(2)26-24(32)35-17-5-4-16(10-17)19-11-20(29-28-19)27-18-6-8-25-21-22(18)31(3)30-23(21)34-13-15-7-9-33-12-15/h11,14-17H,4-10,12-13H2,1-3H3,(H,26,32)(H2,27,28,29)/t15?,16-,17+/m0/s1. The van der Waals surface area contributed by atoms with Crippen LogP contribution in [0.5, 0.6) is 5.88 Å². The number of aromatic nitrogens is 4. The van der Waals surface area contributed by atoms with Gasteiger partial charge < -0.3 is 24.8 Å². The molecule has 35 heavy (non-hydrogen) atoms. The van der Waals surface area contributed by atoms with Gasteiger partial charge in [-0.2, -0.15) is 5.10 Å². The number of aromatic amines is 1. The van der Waals surface area contributed by atoms with Gasteiger partial charge in [0.25, 0.3) is 5.88 Å². The molecule has 1 saturated carbocycles. The number of amides is 1. The Balaban J connectivity index is 1.25. The number of rotatable bonds is 8. The number of carbonyl (C=O) groups excluding carboxylic acids is 1. The van der Waals surface area contributed by atoms with E-state index in [2.05, 4.69) is 25.9 Å². The Morgan fingerprint density at radius 3 is 3.03 bits per heavy atom. The molecule has 2 aromatic heterocycles. The minimum Gasteiger partial charge on any atom is -0.475 e. The number of ether oxygens (including phenoxy) is 3. The number of nitrogens with one attached hydrogen (secondary N) is 3. The Morgan fingerprint density at radius 2 is 2.23 bits per heavy atom. The van der Waals surface area contributed by atoms with Gasteiger partial charge >= 0.3 is 6.09 Å². The maximum atomic E-state index is 11.9. The quantitative estimate of drug-likeness (QED) is 0.518. The molecule has 5 rings (SSSR count). The van der Waals surface area contributed by atoms with E-state index in [9.17, 15) is 4.79 Å². The SMILES string of the molecule is CC(C)NC(=O)O[C@@H]1CC[C@H](c2cc(NC3=c4c(c(OCC5CCOC5)nn4C)=NCC3)n[nH]2)C1. The van der Waals surface area contributed by atoms with Gasteiger partial charge in [-0.05, 0) is 39.5 Å². The van der Waals surface area contributed by atoms with Crippen molar-refractivity contribution in [1.29, 1.82) is 0 Å². The van der Waals surface area contributed by atoms with Gasteiger partial charge in [0.05, 0.1) is 13.2 Å². The summed E-state index contributed by atoms with van der Waals surface area (Å²) in [6.07, 6.45) is 3.98. The topological polar surface area (TPSA) is 128 Å². The van der Waals surface area contributed by atoms with E-state index in [1.165, 1.54) is 0 Å². The largest absolute Gasteiger partial charge is 0.475 e. The zero-order valence-corrected chi connectivity index (χ0v) is 20.7. The molecule has 3 atom stereocenters. The smallest absolute Gasteiger partial charge is 0.407 e. The summed E-state index contributed by atoms with van der Waals surface area (Å²) in [5.74, 6) is 2.03. The molecule has 2 aromatic rings. The zero-order chi connectivity index (χ0) is 24.4. The number of carbonyl (C=O) groups is 1. The van der Waals surface area contributed by atoms with Crippen molar-refractivity contribution in [3.8, 4) is 5.88 Å². The van der Waals surface area contributed by atoms with Crippen molar-refractivity contribution >= 4 is 17.6 Å². The van der Waals surface area contributed by atoms with E-state index >= 15 is 0 Å². The summed E-state index contributed by atoms with van der Waals surface area (Å²) >= 11 is 0. The highest BCUT2D eigenvalue weighted by Crippen LogP contribution is 2.36. The molecule has 0 radical (unpaired) electrons. The van der Waals surface area contributed by atoms with Gasteiger partial charge in [-0.3, -0.25) is 14.8 Å². The van der Waals surface area contributed by atoms with Gasteiger partial charge in [-0.25, -0.2) is 4.79 Å². The molecular formula is C24H35N7O4. The molecule has 0 spiro atoms. The molecule has 4 heterocycles. The van der Waals surface area contributed by atoms with Gasteiger partial charge in [0, 0.05) is 62.0 Å². The second-order valence-electron chi connectivity index (χ2n) is 9.95. The van der Waals surface area contributed by atoms with Gasteiger partial charge in [0.15, 0.2) is 5.82 Å². The highest BCUT2D eigenvalue weighted by atomic mass is 16.6. The first-order chi connectivity index (χ1) is 17.0. The summed E-state index contributed by atoms with van der Waals surface area (Å²) in [5.41, 5.74) is 2.08. The highest BCUT2D eigenvalue weighted by Gasteiger charge is 2.30. The lowest BCUT2D eigenvalue weighted by molar-refractivity contribution is 0.0981. The Labute approximate surface area is 204 Å². The zero-order valence-electron chi connectivity index (χ0n) is 20.7. The molecule has 11 heteroatoms. The van der Waals surface area contributed by atoms with Crippen LogP contribution in [-0.4, -0.2) is 64.6 Å². The van der Waals surface area contributed by atoms with Crippen molar-refractivity contribution in [1.82, 2.24) is 25.3 Å². The van der Waals surface area contributed by atoms with E-state index < -0.39 is 0 Å². The third kappa shape index (κ3) is 5.44. The van der Waals surface area contributed by atoms with E-state index in [1.54, 1.807) is 0 Å². The lowest BCUT2D eigenvalue weighted by atomic mass is 10.0. The van der Waals surface area contributed by atoms with Crippen LogP contribution in [0, 0.1) is 5.92 Å². The molecule has 1 unspecified atom stereocenters. The molecule has 1 saturated heterocycles. The van der Waals surface area contributed by atoms with Crippen LogP contribution in [-0.2, 0) is 16.5 Å². The third-order valence-electron chi connectivity index (χ3n) is 6.77. The number of H-pyrrole nitrogens is 1. The van der Waals surface area contributed by atoms with Crippen LogP contribution in [0.15, 0.2) is 11.1 Å². The van der Waals surface area contributed by atoms with E-state index in [0.29, 0.717) is 24.9 Å². The van der Waals surface area contributed by atoms with E-state index in [0.717, 1.165) is 73.2 Å². The normalized spacial score (nSPS) is 23.8. The fourth-order valence-corrected chi connectivity index (χ4v) is 5.01. The highest BCUT2D eigenvalue weighted by molar-refractivity contribution is 5.67. The summed E-state index contributed by atoms with van der Waals surface area (Å²) in [4.78, 5) is 16.6. The van der Waals surface area contributed by atoms with E-state index in [4.69, 9.17) is 19.2 Å². The molecule has 3 aliphatic rings. The van der Waals surface area contributed by atoms with E-state index in [-0.39, 0.29) is 24.2 Å². The minimum absolute atomic E-state index is 0.0653. The lowest BCUT2D eigenvalue weighted by Crippen LogP contribution is -2.36. The third-order valence-corrected chi connectivity index (χ3v) is 6.77. The van der Waals surface area contributed by atoms with Crippen LogP contribution in [0.2, 0.25) is 0 Å². The van der Waals surface area contributed by atoms with Crippen LogP contribution < -0.4 is 26.1 Å². The average molecular weight is 486 g/mol. The molecule has 1 amide bonds. The first-order valence-electron chi connectivity index (χ1n) is 12.6. The number of nitrogens with zero attached hydrogens (tertiary/aromatic N) is 4. The fourth-order valence-electron chi connectivity index (χ4n) is 5.01. The number of hydrogen-bond acceptors (Lipinski definition) is 8. The number of aryl methyl sites for hydroxylation is 1. The Kier molecular flexibility index (Phi) is 6.94. The van der Waals surface area contributed by atoms with Crippen molar-refractivity contribution < 1.29 is 19.0 Å². The van der Waals surface area contributed by atoms with Gasteiger partial charge in [-0.1, -0.05) is 0 Å². The molecule has 190 valence electrons. The molecular weight excluding hydrogens is 450 g/mol. The van der Waals surface area contributed by atoms with Gasteiger partial charge in [0.2, 0.25) is 0 Å². The first kappa shape index (κ1) is 23.7. The summed E-state index contributed by atoms with van der Waals surface area (Å²) in [6, 6.07) is 2.11. The monoisotopic (exact) mass is 485 g/mol. The van der Waals surface area contributed by atoms with Crippen molar-refractivity contribution in [2.75, 3.05) is 31.7 Å². The van der Waals surface area contributed by atoms with Crippen molar-refractivity contribution in [2.24, 2.45) is 18.0 Å². The lowest BCUT2D eigenvalue weighted by Gasteiger charge is -2.14. The summed E-state index contributed by atoms with van der Waals surface area (Å²) in [5, 5.41) is 20.3. The Hall–Kier alpha value is -3.08. The number of fused-ring (bicyclic) bond motifs is 1. The summed E-state index contributed by atoms with van der Waals surface area (Å²) in [6.45, 7) is 6.64. The summed E-state index contributed by atoms with van der Waals surface area (Å²) < 4.78 is 18.9. The number of alkyl carbamates (subject to hydrolysis) is 1. The first-order valence-corrected chi connectivity index (χ1v) is 12.6. The van der Waals surface area contributed by atoms with Crippen molar-refractivity contribution in [3.05, 3.63) is 22.5 Å². The minimum atomic E-state index is -0.344. The molecule has 11 nitrogen and oxygen atoms in total. The maximum absolute atomic E-state index is 11.9. The predicted molar refractivity (Wildman–Crippen MR) is 129 cm³/mol.